The number of likely N-dealkylation sites (tertiary alicyclic amines) is 1. The summed E-state index contributed by atoms with van der Waals surface area (Å²) in [5.41, 5.74) is 6.43. The Bertz CT molecular complexity index is 471. The fraction of sp³-hybridized carbons (Fsp3) is 0.588. The van der Waals surface area contributed by atoms with Crippen LogP contribution in [-0.4, -0.2) is 36.9 Å². The number of hydrogen-bond acceptors (Lipinski definition) is 3. The van der Waals surface area contributed by atoms with Crippen molar-refractivity contribution in [2.24, 2.45) is 16.6 Å². The number of nitrogens with zero attached hydrogens (tertiary/aromatic N) is 2. The minimum absolute atomic E-state index is 0.0702. The summed E-state index contributed by atoms with van der Waals surface area (Å²) in [5.74, 6) is 0.282. The first-order valence-corrected chi connectivity index (χ1v) is 8.00. The van der Waals surface area contributed by atoms with Crippen molar-refractivity contribution in [2.45, 2.75) is 45.2 Å². The predicted molar refractivity (Wildman–Crippen MR) is 93.8 cm³/mol. The molecule has 0 spiro atoms. The van der Waals surface area contributed by atoms with Gasteiger partial charge in [-0.2, -0.15) is 0 Å². The Labute approximate surface area is 138 Å². The van der Waals surface area contributed by atoms with Crippen LogP contribution in [0.4, 0.5) is 4.39 Å². The zero-order chi connectivity index (χ0) is 16.7. The summed E-state index contributed by atoms with van der Waals surface area (Å²) in [6.07, 6.45) is 7.93. The first-order valence-electron chi connectivity index (χ1n) is 7.62. The van der Waals surface area contributed by atoms with E-state index in [1.54, 1.807) is 6.08 Å². The van der Waals surface area contributed by atoms with Gasteiger partial charge < -0.3 is 10.6 Å². The molecule has 0 bridgehead atoms. The highest BCUT2D eigenvalue weighted by molar-refractivity contribution is 6.39. The first-order chi connectivity index (χ1) is 10.3. The number of halogens is 2. The lowest BCUT2D eigenvalue weighted by Gasteiger charge is -2.46. The van der Waals surface area contributed by atoms with Gasteiger partial charge in [-0.1, -0.05) is 29.8 Å². The summed E-state index contributed by atoms with van der Waals surface area (Å²) in [6.45, 7) is 7.38. The number of alkyl halides is 1. The second-order valence-corrected chi connectivity index (χ2v) is 6.61. The quantitative estimate of drug-likeness (QED) is 0.540. The first kappa shape index (κ1) is 18.9. The second-order valence-electron chi connectivity index (χ2n) is 6.18. The normalized spacial score (nSPS) is 25.3. The highest BCUT2D eigenvalue weighted by Crippen LogP contribution is 2.30. The van der Waals surface area contributed by atoms with Gasteiger partial charge in [0, 0.05) is 18.3 Å². The van der Waals surface area contributed by atoms with Crippen molar-refractivity contribution in [3.8, 4) is 0 Å². The topological polar surface area (TPSA) is 41.6 Å². The molecule has 3 unspecified atom stereocenters. The lowest BCUT2D eigenvalue weighted by atomic mass is 9.85. The van der Waals surface area contributed by atoms with Crippen LogP contribution in [0.1, 0.15) is 33.1 Å². The number of aliphatic imine (C=N–C) groups is 1. The molecule has 22 heavy (non-hydrogen) atoms. The lowest BCUT2D eigenvalue weighted by molar-refractivity contribution is 0.0361. The summed E-state index contributed by atoms with van der Waals surface area (Å²) < 4.78 is 13.2. The van der Waals surface area contributed by atoms with Gasteiger partial charge in [0.15, 0.2) is 0 Å². The molecule has 5 heteroatoms. The van der Waals surface area contributed by atoms with Gasteiger partial charge in [-0.3, -0.25) is 4.39 Å². The van der Waals surface area contributed by atoms with Gasteiger partial charge in [0.05, 0.1) is 11.7 Å². The molecule has 0 radical (unpaired) electrons. The summed E-state index contributed by atoms with van der Waals surface area (Å²) in [5, 5.41) is 0.468. The van der Waals surface area contributed by atoms with Crippen LogP contribution in [-0.2, 0) is 0 Å². The average molecular weight is 328 g/mol. The average Bonchev–Trinajstić information content (AvgIpc) is 2.49. The van der Waals surface area contributed by atoms with Gasteiger partial charge in [0.25, 0.3) is 0 Å². The van der Waals surface area contributed by atoms with Crippen LogP contribution < -0.4 is 5.73 Å². The zero-order valence-electron chi connectivity index (χ0n) is 13.7. The Kier molecular flexibility index (Phi) is 7.83. The van der Waals surface area contributed by atoms with E-state index >= 15 is 0 Å². The standard InChI is InChI=1S/C17H27ClFN3/c1-12(5-6-16(18)11-21-14(3)20)7-15(10-19)9-17-8-13(2)22(17)4/h5-6,11,13,15,17H,3,7-10,20H2,1-2,4H3/b12-5+,16-6+,21-11-. The van der Waals surface area contributed by atoms with Crippen molar-refractivity contribution < 1.29 is 4.39 Å². The largest absolute Gasteiger partial charge is 0.384 e. The zero-order valence-corrected chi connectivity index (χ0v) is 14.5. The molecule has 1 fully saturated rings. The van der Waals surface area contributed by atoms with Crippen molar-refractivity contribution in [1.29, 1.82) is 0 Å². The number of rotatable bonds is 8. The Morgan fingerprint density at radius 3 is 2.73 bits per heavy atom. The van der Waals surface area contributed by atoms with E-state index in [0.717, 1.165) is 18.4 Å². The number of hydrogen-bond donors (Lipinski definition) is 1. The molecule has 1 heterocycles. The van der Waals surface area contributed by atoms with Crippen LogP contribution in [0.15, 0.2) is 40.1 Å². The van der Waals surface area contributed by atoms with Crippen molar-refractivity contribution in [1.82, 2.24) is 4.90 Å². The third kappa shape index (κ3) is 6.32. The van der Waals surface area contributed by atoms with Crippen molar-refractivity contribution in [3.63, 3.8) is 0 Å². The smallest absolute Gasteiger partial charge is 0.116 e. The van der Waals surface area contributed by atoms with Gasteiger partial charge >= 0.3 is 0 Å². The van der Waals surface area contributed by atoms with Crippen molar-refractivity contribution in [3.05, 3.63) is 35.2 Å². The highest BCUT2D eigenvalue weighted by atomic mass is 35.5. The Balaban J connectivity index is 2.50. The van der Waals surface area contributed by atoms with Crippen LogP contribution in [0, 0.1) is 5.92 Å². The molecule has 0 aromatic heterocycles. The molecule has 0 saturated carbocycles. The van der Waals surface area contributed by atoms with Crippen LogP contribution in [0.2, 0.25) is 0 Å². The van der Waals surface area contributed by atoms with E-state index in [4.69, 9.17) is 17.3 Å². The van der Waals surface area contributed by atoms with Gasteiger partial charge in [0.1, 0.15) is 5.82 Å². The maximum atomic E-state index is 13.2. The third-order valence-corrected chi connectivity index (χ3v) is 4.42. The third-order valence-electron chi connectivity index (χ3n) is 4.20. The molecule has 1 rings (SSSR count). The van der Waals surface area contributed by atoms with Crippen molar-refractivity contribution in [2.75, 3.05) is 13.7 Å². The van der Waals surface area contributed by atoms with E-state index in [-0.39, 0.29) is 18.4 Å². The van der Waals surface area contributed by atoms with Gasteiger partial charge in [-0.15, -0.1) is 0 Å². The monoisotopic (exact) mass is 327 g/mol. The molecular weight excluding hydrogens is 301 g/mol. The highest BCUT2D eigenvalue weighted by Gasteiger charge is 2.33. The maximum absolute atomic E-state index is 13.2. The molecule has 1 aliphatic rings. The van der Waals surface area contributed by atoms with Crippen LogP contribution in [0.3, 0.4) is 0 Å². The molecule has 0 aliphatic carbocycles. The maximum Gasteiger partial charge on any atom is 0.116 e. The van der Waals surface area contributed by atoms with Crippen LogP contribution in [0.25, 0.3) is 0 Å². The van der Waals surface area contributed by atoms with Gasteiger partial charge in [-0.05, 0) is 52.2 Å². The van der Waals surface area contributed by atoms with E-state index in [1.807, 2.05) is 13.0 Å². The minimum Gasteiger partial charge on any atom is -0.384 e. The van der Waals surface area contributed by atoms with E-state index in [0.29, 0.717) is 17.1 Å². The summed E-state index contributed by atoms with van der Waals surface area (Å²) >= 11 is 5.98. The fourth-order valence-electron chi connectivity index (χ4n) is 2.73. The molecule has 1 saturated heterocycles. The number of nitrogens with two attached hydrogens (primary N) is 1. The Morgan fingerprint density at radius 2 is 2.23 bits per heavy atom. The molecule has 0 aromatic rings. The van der Waals surface area contributed by atoms with Gasteiger partial charge in [-0.25, -0.2) is 4.99 Å². The van der Waals surface area contributed by atoms with Crippen LogP contribution >= 0.6 is 11.6 Å². The minimum atomic E-state index is -0.282. The Hall–Kier alpha value is -1.13. The molecule has 0 aromatic carbocycles. The van der Waals surface area contributed by atoms with Crippen molar-refractivity contribution >= 4 is 17.8 Å². The molecule has 3 nitrogen and oxygen atoms in total. The van der Waals surface area contributed by atoms with E-state index in [2.05, 4.69) is 30.4 Å². The molecule has 1 aliphatic heterocycles. The van der Waals surface area contributed by atoms with Crippen LogP contribution in [0.5, 0.6) is 0 Å². The summed E-state index contributed by atoms with van der Waals surface area (Å²) in [7, 11) is 2.12. The lowest BCUT2D eigenvalue weighted by Crippen LogP contribution is -2.52. The molecule has 3 atom stereocenters. The van der Waals surface area contributed by atoms with E-state index < -0.39 is 0 Å². The molecule has 0 amide bonds. The number of allylic oxidation sites excluding steroid dienone is 4. The fourth-order valence-corrected chi connectivity index (χ4v) is 2.84. The Morgan fingerprint density at radius 1 is 1.55 bits per heavy atom. The molecule has 124 valence electrons. The van der Waals surface area contributed by atoms with E-state index in [1.165, 1.54) is 12.6 Å². The SMILES string of the molecule is C=C(N)\N=C/C(Cl)=C\C=C(/C)CC(CF)CC1CC(C)N1C. The van der Waals surface area contributed by atoms with E-state index in [9.17, 15) is 4.39 Å². The predicted octanol–water partition coefficient (Wildman–Crippen LogP) is 4.01. The molecular formula is C17H27ClFN3. The molecule has 2 N–H and O–H groups in total. The summed E-state index contributed by atoms with van der Waals surface area (Å²) in [4.78, 5) is 6.14. The second kappa shape index (κ2) is 9.11. The summed E-state index contributed by atoms with van der Waals surface area (Å²) in [6, 6.07) is 1.14. The van der Waals surface area contributed by atoms with Gasteiger partial charge in [0.2, 0.25) is 0 Å².